The van der Waals surface area contributed by atoms with Crippen molar-refractivity contribution < 1.29 is 19.0 Å². The Kier molecular flexibility index (Phi) is 6.37. The molecule has 3 rings (SSSR count). The fraction of sp³-hybridized carbons (Fsp3) is 0.368. The van der Waals surface area contributed by atoms with Crippen molar-refractivity contribution >= 4 is 23.2 Å². The van der Waals surface area contributed by atoms with E-state index in [1.807, 2.05) is 0 Å². The third-order valence-corrected chi connectivity index (χ3v) is 5.17. The highest BCUT2D eigenvalue weighted by atomic mass is 35.5. The maximum atomic E-state index is 14.4. The smallest absolute Gasteiger partial charge is 0.165 e. The normalized spacial score (nSPS) is 17.7. The van der Waals surface area contributed by atoms with Gasteiger partial charge in [-0.3, -0.25) is 0 Å². The lowest BCUT2D eigenvalue weighted by molar-refractivity contribution is 0.0240. The molecule has 3 N–H and O–H groups in total. The Bertz CT molecular complexity index is 768. The molecule has 0 saturated carbocycles. The number of halogens is 3. The zero-order chi connectivity index (χ0) is 18.7. The largest absolute Gasteiger partial charge is 0.487 e. The van der Waals surface area contributed by atoms with Gasteiger partial charge in [0.2, 0.25) is 0 Å². The van der Waals surface area contributed by atoms with Crippen molar-refractivity contribution in [2.75, 3.05) is 13.2 Å². The fourth-order valence-electron chi connectivity index (χ4n) is 2.88. The highest BCUT2D eigenvalue weighted by molar-refractivity contribution is 6.42. The van der Waals surface area contributed by atoms with Crippen LogP contribution in [0.1, 0.15) is 36.1 Å². The second-order valence-corrected chi connectivity index (χ2v) is 7.08. The minimum atomic E-state index is -1.10. The van der Waals surface area contributed by atoms with E-state index in [-0.39, 0.29) is 11.9 Å². The van der Waals surface area contributed by atoms with E-state index in [9.17, 15) is 9.50 Å². The third kappa shape index (κ3) is 4.48. The molecular weight excluding hydrogens is 380 g/mol. The maximum absolute atomic E-state index is 14.4. The van der Waals surface area contributed by atoms with Crippen LogP contribution in [0.15, 0.2) is 36.4 Å². The molecule has 26 heavy (non-hydrogen) atoms. The Morgan fingerprint density at radius 3 is 2.42 bits per heavy atom. The minimum Gasteiger partial charge on any atom is -0.487 e. The van der Waals surface area contributed by atoms with Gasteiger partial charge in [-0.15, -0.1) is 0 Å². The molecule has 1 fully saturated rings. The number of nitrogens with two attached hydrogens (primary N) is 1. The van der Waals surface area contributed by atoms with Gasteiger partial charge in [0.05, 0.1) is 35.4 Å². The molecule has 0 spiro atoms. The Morgan fingerprint density at radius 2 is 1.77 bits per heavy atom. The number of benzene rings is 2. The summed E-state index contributed by atoms with van der Waals surface area (Å²) in [6.45, 7) is 1.23. The second-order valence-electron chi connectivity index (χ2n) is 6.26. The molecular formula is C19H20Cl2FNO3. The number of ether oxygens (including phenoxy) is 2. The minimum absolute atomic E-state index is 0.0625. The van der Waals surface area contributed by atoms with E-state index in [1.165, 1.54) is 12.1 Å². The van der Waals surface area contributed by atoms with E-state index in [0.29, 0.717) is 34.4 Å². The highest BCUT2D eigenvalue weighted by Crippen LogP contribution is 2.33. The van der Waals surface area contributed by atoms with E-state index in [2.05, 4.69) is 0 Å². The van der Waals surface area contributed by atoms with Crippen LogP contribution in [0.3, 0.4) is 0 Å². The molecule has 2 aromatic carbocycles. The summed E-state index contributed by atoms with van der Waals surface area (Å²) in [7, 11) is 0. The van der Waals surface area contributed by atoms with Gasteiger partial charge < -0.3 is 20.3 Å². The molecule has 4 nitrogen and oxygen atoms in total. The number of hydrogen-bond donors (Lipinski definition) is 2. The first kappa shape index (κ1) is 19.4. The molecule has 140 valence electrons. The number of rotatable bonds is 5. The molecule has 7 heteroatoms. The molecule has 1 aliphatic rings. The Hall–Kier alpha value is -1.37. The summed E-state index contributed by atoms with van der Waals surface area (Å²) < 4.78 is 25.4. The van der Waals surface area contributed by atoms with Gasteiger partial charge in [-0.1, -0.05) is 35.3 Å². The lowest BCUT2D eigenvalue weighted by Gasteiger charge is -2.24. The molecule has 0 bridgehead atoms. The third-order valence-electron chi connectivity index (χ3n) is 4.43. The predicted molar refractivity (Wildman–Crippen MR) is 99.2 cm³/mol. The maximum Gasteiger partial charge on any atom is 0.165 e. The van der Waals surface area contributed by atoms with Crippen molar-refractivity contribution in [3.8, 4) is 5.75 Å². The summed E-state index contributed by atoms with van der Waals surface area (Å²) in [5, 5.41) is 11.3. The SMILES string of the molecule is N[C@@H](c1ccc(Cl)c(Cl)c1)[C@H](O)c1ccc(OC2CCOCC2)c(F)c1. The van der Waals surface area contributed by atoms with Crippen LogP contribution in [0, 0.1) is 5.82 Å². The molecule has 0 radical (unpaired) electrons. The summed E-state index contributed by atoms with van der Waals surface area (Å²) >= 11 is 11.9. The van der Waals surface area contributed by atoms with Crippen LogP contribution in [-0.4, -0.2) is 24.4 Å². The Labute approximate surface area is 161 Å². The quantitative estimate of drug-likeness (QED) is 0.780. The van der Waals surface area contributed by atoms with Gasteiger partial charge in [-0.25, -0.2) is 4.39 Å². The number of aliphatic hydroxyl groups is 1. The van der Waals surface area contributed by atoms with Crippen molar-refractivity contribution in [1.29, 1.82) is 0 Å². The van der Waals surface area contributed by atoms with Gasteiger partial charge in [-0.2, -0.15) is 0 Å². The van der Waals surface area contributed by atoms with Gasteiger partial charge in [0.1, 0.15) is 6.10 Å². The molecule has 1 aliphatic heterocycles. The first-order valence-electron chi connectivity index (χ1n) is 8.38. The van der Waals surface area contributed by atoms with Crippen molar-refractivity contribution in [3.63, 3.8) is 0 Å². The van der Waals surface area contributed by atoms with E-state index < -0.39 is 18.0 Å². The fourth-order valence-corrected chi connectivity index (χ4v) is 3.19. The van der Waals surface area contributed by atoms with Crippen LogP contribution in [0.2, 0.25) is 10.0 Å². The molecule has 0 aromatic heterocycles. The number of aliphatic hydroxyl groups excluding tert-OH is 1. The molecule has 1 heterocycles. The van der Waals surface area contributed by atoms with Crippen molar-refractivity contribution in [1.82, 2.24) is 0 Å². The van der Waals surface area contributed by atoms with E-state index in [1.54, 1.807) is 24.3 Å². The summed E-state index contributed by atoms with van der Waals surface area (Å²) in [5.41, 5.74) is 7.08. The van der Waals surface area contributed by atoms with Gasteiger partial charge in [0.25, 0.3) is 0 Å². The van der Waals surface area contributed by atoms with Crippen LogP contribution < -0.4 is 10.5 Å². The zero-order valence-corrected chi connectivity index (χ0v) is 15.5. The predicted octanol–water partition coefficient (Wildman–Crippen LogP) is 4.42. The average Bonchev–Trinajstić information content (AvgIpc) is 2.65. The van der Waals surface area contributed by atoms with Crippen LogP contribution >= 0.6 is 23.2 Å². The molecule has 2 aromatic rings. The molecule has 0 amide bonds. The van der Waals surface area contributed by atoms with Crippen LogP contribution in [0.5, 0.6) is 5.75 Å². The van der Waals surface area contributed by atoms with Crippen molar-refractivity contribution in [2.45, 2.75) is 31.1 Å². The van der Waals surface area contributed by atoms with Crippen LogP contribution in [0.25, 0.3) is 0 Å². The van der Waals surface area contributed by atoms with E-state index in [0.717, 1.165) is 12.8 Å². The molecule has 2 atom stereocenters. The summed E-state index contributed by atoms with van der Waals surface area (Å²) in [6, 6.07) is 8.49. The van der Waals surface area contributed by atoms with Gasteiger partial charge in [-0.05, 0) is 35.4 Å². The first-order chi connectivity index (χ1) is 12.5. The first-order valence-corrected chi connectivity index (χ1v) is 9.13. The van der Waals surface area contributed by atoms with Crippen LogP contribution in [0.4, 0.5) is 4.39 Å². The van der Waals surface area contributed by atoms with Gasteiger partial charge in [0.15, 0.2) is 11.6 Å². The number of hydrogen-bond acceptors (Lipinski definition) is 4. The second kappa shape index (κ2) is 8.55. The summed E-state index contributed by atoms with van der Waals surface area (Å²) in [5.74, 6) is -0.370. The van der Waals surface area contributed by atoms with Gasteiger partial charge in [0, 0.05) is 12.8 Å². The highest BCUT2D eigenvalue weighted by Gasteiger charge is 2.22. The summed E-state index contributed by atoms with van der Waals surface area (Å²) in [4.78, 5) is 0. The molecule has 0 unspecified atom stereocenters. The molecule has 0 aliphatic carbocycles. The van der Waals surface area contributed by atoms with Gasteiger partial charge >= 0.3 is 0 Å². The molecule has 1 saturated heterocycles. The monoisotopic (exact) mass is 399 g/mol. The van der Waals surface area contributed by atoms with E-state index >= 15 is 0 Å². The Morgan fingerprint density at radius 1 is 1.08 bits per heavy atom. The standard InChI is InChI=1S/C19H20Cl2FNO3/c20-14-3-1-11(9-15(14)21)18(23)19(24)12-2-4-17(16(22)10-12)26-13-5-7-25-8-6-13/h1-4,9-10,13,18-19,24H,5-8,23H2/t18-,19+/m0/s1. The van der Waals surface area contributed by atoms with Crippen LogP contribution in [-0.2, 0) is 4.74 Å². The lowest BCUT2D eigenvalue weighted by atomic mass is 9.96. The zero-order valence-electron chi connectivity index (χ0n) is 14.0. The average molecular weight is 400 g/mol. The van der Waals surface area contributed by atoms with E-state index in [4.69, 9.17) is 38.4 Å². The Balaban J connectivity index is 1.73. The lowest BCUT2D eigenvalue weighted by Crippen LogP contribution is -2.26. The summed E-state index contributed by atoms with van der Waals surface area (Å²) in [6.07, 6.45) is 0.296. The topological polar surface area (TPSA) is 64.7 Å². The van der Waals surface area contributed by atoms with Crippen molar-refractivity contribution in [3.05, 3.63) is 63.4 Å². The van der Waals surface area contributed by atoms with Crippen molar-refractivity contribution in [2.24, 2.45) is 5.73 Å².